The SMILES string of the molecule is COc1ccc2c(c[n+]3c4c2ccc2c5c(cc(c24)CC3)OCO5)c1OC(=O)c1cccc([N+](=O)[O-])c1Br. The summed E-state index contributed by atoms with van der Waals surface area (Å²) < 4.78 is 25.1. The number of hydrogen-bond donors (Lipinski definition) is 0. The number of carbonyl (C=O) groups is 1. The van der Waals surface area contributed by atoms with Gasteiger partial charge in [-0.15, -0.1) is 0 Å². The Kier molecular flexibility index (Phi) is 4.96. The molecule has 2 aliphatic rings. The van der Waals surface area contributed by atoms with Gasteiger partial charge in [-0.05, 0) is 57.9 Å². The van der Waals surface area contributed by atoms with Gasteiger partial charge in [0.25, 0.3) is 5.69 Å². The van der Waals surface area contributed by atoms with E-state index in [9.17, 15) is 14.9 Å². The first-order valence-corrected chi connectivity index (χ1v) is 12.6. The van der Waals surface area contributed by atoms with E-state index in [1.54, 1.807) is 6.07 Å². The van der Waals surface area contributed by atoms with Gasteiger partial charge in [-0.3, -0.25) is 10.1 Å². The quantitative estimate of drug-likeness (QED) is 0.0686. The molecule has 0 aliphatic carbocycles. The summed E-state index contributed by atoms with van der Waals surface area (Å²) in [6.07, 6.45) is 2.77. The van der Waals surface area contributed by atoms with Gasteiger partial charge in [-0.2, -0.15) is 4.57 Å². The highest BCUT2D eigenvalue weighted by molar-refractivity contribution is 9.10. The zero-order valence-corrected chi connectivity index (χ0v) is 21.5. The third kappa shape index (κ3) is 3.16. The van der Waals surface area contributed by atoms with Crippen molar-refractivity contribution in [2.45, 2.75) is 13.0 Å². The molecule has 0 bridgehead atoms. The van der Waals surface area contributed by atoms with Crippen molar-refractivity contribution in [3.8, 4) is 23.0 Å². The van der Waals surface area contributed by atoms with Gasteiger partial charge in [0, 0.05) is 23.3 Å². The van der Waals surface area contributed by atoms with Gasteiger partial charge >= 0.3 is 5.97 Å². The lowest BCUT2D eigenvalue weighted by molar-refractivity contribution is -0.670. The third-order valence-corrected chi connectivity index (χ3v) is 7.98. The van der Waals surface area contributed by atoms with E-state index in [1.165, 1.54) is 30.9 Å². The number of carbonyl (C=O) groups excluding carboxylic acids is 1. The molecular formula is C28H18BrN2O7+. The normalized spacial score (nSPS) is 13.4. The summed E-state index contributed by atoms with van der Waals surface area (Å²) in [5.74, 6) is 1.41. The first kappa shape index (κ1) is 22.7. The monoisotopic (exact) mass is 573 g/mol. The lowest BCUT2D eigenvalue weighted by atomic mass is 9.93. The fourth-order valence-corrected chi connectivity index (χ4v) is 6.04. The predicted octanol–water partition coefficient (Wildman–Crippen LogP) is 5.62. The van der Waals surface area contributed by atoms with Crippen molar-refractivity contribution in [1.29, 1.82) is 0 Å². The largest absolute Gasteiger partial charge is 0.493 e. The lowest BCUT2D eigenvalue weighted by Crippen LogP contribution is -2.38. The minimum Gasteiger partial charge on any atom is -0.493 e. The number of halogens is 1. The van der Waals surface area contributed by atoms with Gasteiger partial charge in [0.15, 0.2) is 35.7 Å². The maximum absolute atomic E-state index is 13.3. The Morgan fingerprint density at radius 2 is 1.89 bits per heavy atom. The van der Waals surface area contributed by atoms with E-state index < -0.39 is 10.9 Å². The molecule has 188 valence electrons. The van der Waals surface area contributed by atoms with Crippen LogP contribution in [0.5, 0.6) is 23.0 Å². The number of aromatic nitrogens is 1. The Morgan fingerprint density at radius 1 is 1.08 bits per heavy atom. The zero-order valence-electron chi connectivity index (χ0n) is 19.9. The molecule has 3 heterocycles. The standard InChI is InChI=1S/C28H18BrN2O7/c1-35-21-8-7-15-16-5-6-17-23-14(11-22-26(17)37-13-36-22)9-10-30(25(16)23)12-19(15)27(21)38-28(32)18-3-2-4-20(24(18)29)31(33)34/h2-8,11-12H,9-10,13H2,1H3/q+1. The van der Waals surface area contributed by atoms with E-state index in [-0.39, 0.29) is 28.3 Å². The number of rotatable bonds is 4. The molecule has 4 aromatic carbocycles. The highest BCUT2D eigenvalue weighted by atomic mass is 79.9. The van der Waals surface area contributed by atoms with E-state index in [1.807, 2.05) is 24.4 Å². The van der Waals surface area contributed by atoms with Crippen molar-refractivity contribution in [3.05, 3.63) is 80.4 Å². The molecule has 0 atom stereocenters. The Bertz CT molecular complexity index is 1890. The van der Waals surface area contributed by atoms with E-state index in [0.29, 0.717) is 11.1 Å². The number of ether oxygens (including phenoxy) is 4. The van der Waals surface area contributed by atoms with Crippen LogP contribution >= 0.6 is 15.9 Å². The fourth-order valence-electron chi connectivity index (χ4n) is 5.47. The molecule has 0 N–H and O–H groups in total. The van der Waals surface area contributed by atoms with Crippen LogP contribution in [0.2, 0.25) is 0 Å². The van der Waals surface area contributed by atoms with Crippen LogP contribution in [0.4, 0.5) is 5.69 Å². The van der Waals surface area contributed by atoms with Crippen LogP contribution < -0.4 is 23.5 Å². The molecule has 2 aliphatic heterocycles. The summed E-state index contributed by atoms with van der Waals surface area (Å²) in [6, 6.07) is 14.1. The molecule has 0 fully saturated rings. The van der Waals surface area contributed by atoms with Crippen molar-refractivity contribution in [2.24, 2.45) is 0 Å². The number of esters is 1. The van der Waals surface area contributed by atoms with Crippen LogP contribution in [0.25, 0.3) is 32.4 Å². The summed E-state index contributed by atoms with van der Waals surface area (Å²) in [5, 5.41) is 16.1. The minimum absolute atomic E-state index is 0.0414. The van der Waals surface area contributed by atoms with Gasteiger partial charge in [0.1, 0.15) is 4.47 Å². The van der Waals surface area contributed by atoms with E-state index in [0.717, 1.165) is 51.5 Å². The molecule has 0 spiro atoms. The number of aryl methyl sites for hydroxylation is 2. The first-order chi connectivity index (χ1) is 18.5. The van der Waals surface area contributed by atoms with E-state index in [2.05, 4.69) is 26.6 Å². The summed E-state index contributed by atoms with van der Waals surface area (Å²) in [6.45, 7) is 0.929. The topological polar surface area (TPSA) is 101 Å². The molecule has 38 heavy (non-hydrogen) atoms. The zero-order chi connectivity index (χ0) is 26.1. The average molecular weight is 574 g/mol. The number of hydrogen-bond acceptors (Lipinski definition) is 7. The molecule has 0 saturated heterocycles. The van der Waals surface area contributed by atoms with Crippen LogP contribution in [-0.2, 0) is 13.0 Å². The van der Waals surface area contributed by atoms with Gasteiger partial charge < -0.3 is 18.9 Å². The highest BCUT2D eigenvalue weighted by Gasteiger charge is 2.31. The number of benzene rings is 4. The van der Waals surface area contributed by atoms with Crippen molar-refractivity contribution >= 4 is 60.0 Å². The number of nitro groups is 1. The van der Waals surface area contributed by atoms with Crippen molar-refractivity contribution in [3.63, 3.8) is 0 Å². The molecule has 0 radical (unpaired) electrons. The molecule has 0 saturated carbocycles. The second-order valence-corrected chi connectivity index (χ2v) is 9.86. The van der Waals surface area contributed by atoms with Crippen LogP contribution in [0.1, 0.15) is 15.9 Å². The molecule has 9 nitrogen and oxygen atoms in total. The second-order valence-electron chi connectivity index (χ2n) is 9.07. The number of fused-ring (bicyclic) bond motifs is 4. The molecule has 7 rings (SSSR count). The smallest absolute Gasteiger partial charge is 0.345 e. The Balaban J connectivity index is 1.45. The maximum atomic E-state index is 13.3. The van der Waals surface area contributed by atoms with Crippen LogP contribution in [0, 0.1) is 10.1 Å². The van der Waals surface area contributed by atoms with E-state index >= 15 is 0 Å². The molecule has 0 amide bonds. The Hall–Kier alpha value is -4.44. The minimum atomic E-state index is -0.737. The fraction of sp³-hybridized carbons (Fsp3) is 0.143. The number of nitro benzene ring substituents is 1. The van der Waals surface area contributed by atoms with Crippen molar-refractivity contribution < 1.29 is 33.2 Å². The van der Waals surface area contributed by atoms with Crippen LogP contribution in [-0.4, -0.2) is 24.8 Å². The van der Waals surface area contributed by atoms with Crippen LogP contribution in [0.15, 0.2) is 59.2 Å². The molecule has 1 aromatic heterocycles. The maximum Gasteiger partial charge on any atom is 0.345 e. The average Bonchev–Trinajstić information content (AvgIpc) is 3.40. The van der Waals surface area contributed by atoms with Gasteiger partial charge in [-0.25, -0.2) is 4.79 Å². The molecule has 0 unspecified atom stereocenters. The molecule has 5 aromatic rings. The van der Waals surface area contributed by atoms with Crippen LogP contribution in [0.3, 0.4) is 0 Å². The third-order valence-electron chi connectivity index (χ3n) is 7.14. The Labute approximate surface area is 223 Å². The molecule has 10 heteroatoms. The highest BCUT2D eigenvalue weighted by Crippen LogP contribution is 2.46. The second kappa shape index (κ2) is 8.29. The summed E-state index contributed by atoms with van der Waals surface area (Å²) in [7, 11) is 1.50. The first-order valence-electron chi connectivity index (χ1n) is 11.8. The summed E-state index contributed by atoms with van der Waals surface area (Å²) >= 11 is 3.19. The van der Waals surface area contributed by atoms with Crippen molar-refractivity contribution in [2.75, 3.05) is 13.9 Å². The van der Waals surface area contributed by atoms with Gasteiger partial charge in [0.05, 0.1) is 33.8 Å². The van der Waals surface area contributed by atoms with E-state index in [4.69, 9.17) is 18.9 Å². The number of nitrogens with zero attached hydrogens (tertiary/aromatic N) is 2. The summed E-state index contributed by atoms with van der Waals surface area (Å²) in [4.78, 5) is 24.1. The number of methoxy groups -OCH3 is 1. The number of pyridine rings is 1. The van der Waals surface area contributed by atoms with Crippen molar-refractivity contribution in [1.82, 2.24) is 0 Å². The Morgan fingerprint density at radius 3 is 2.71 bits per heavy atom. The molecular weight excluding hydrogens is 556 g/mol. The summed E-state index contributed by atoms with van der Waals surface area (Å²) in [5.41, 5.74) is 2.09. The van der Waals surface area contributed by atoms with Gasteiger partial charge in [0.2, 0.25) is 12.3 Å². The van der Waals surface area contributed by atoms with Gasteiger partial charge in [-0.1, -0.05) is 6.07 Å². The predicted molar refractivity (Wildman–Crippen MR) is 141 cm³/mol. The lowest BCUT2D eigenvalue weighted by Gasteiger charge is -2.18.